The van der Waals surface area contributed by atoms with Crippen LogP contribution >= 0.6 is 0 Å². The van der Waals surface area contributed by atoms with Crippen LogP contribution in [0, 0.1) is 5.92 Å². The first-order valence-corrected chi connectivity index (χ1v) is 6.54. The molecule has 1 unspecified atom stereocenters. The Morgan fingerprint density at radius 3 is 2.65 bits per heavy atom. The van der Waals surface area contributed by atoms with Crippen LogP contribution in [0.5, 0.6) is 0 Å². The molecule has 1 aliphatic carbocycles. The molecule has 0 aromatic rings. The summed E-state index contributed by atoms with van der Waals surface area (Å²) in [6.45, 7) is 2.97. The average Bonchev–Trinajstić information content (AvgIpc) is 2.28. The highest BCUT2D eigenvalue weighted by molar-refractivity contribution is 5.76. The van der Waals surface area contributed by atoms with Crippen LogP contribution in [-0.4, -0.2) is 36.9 Å². The average molecular weight is 243 g/mol. The Bertz CT molecular complexity index is 237. The van der Waals surface area contributed by atoms with E-state index in [1.165, 1.54) is 6.42 Å². The van der Waals surface area contributed by atoms with Crippen LogP contribution in [0.3, 0.4) is 0 Å². The Morgan fingerprint density at radius 1 is 1.41 bits per heavy atom. The second kappa shape index (κ2) is 6.97. The van der Waals surface area contributed by atoms with E-state index in [0.717, 1.165) is 25.7 Å². The van der Waals surface area contributed by atoms with Crippen molar-refractivity contribution in [3.8, 4) is 0 Å². The van der Waals surface area contributed by atoms with E-state index in [-0.39, 0.29) is 11.8 Å². The maximum absolute atomic E-state index is 11.6. The molecule has 1 atom stereocenters. The zero-order valence-electron chi connectivity index (χ0n) is 11.0. The smallest absolute Gasteiger partial charge is 0.220 e. The highest BCUT2D eigenvalue weighted by Crippen LogP contribution is 2.27. The monoisotopic (exact) mass is 243 g/mol. The highest BCUT2D eigenvalue weighted by Gasteiger charge is 2.29. The Kier molecular flexibility index (Phi) is 5.92. The Morgan fingerprint density at radius 2 is 2.06 bits per heavy atom. The minimum absolute atomic E-state index is 0.00792. The molecule has 1 saturated carbocycles. The molecule has 4 nitrogen and oxygen atoms in total. The maximum atomic E-state index is 11.6. The summed E-state index contributed by atoms with van der Waals surface area (Å²) in [7, 11) is 1.64. The highest BCUT2D eigenvalue weighted by atomic mass is 16.5. The van der Waals surface area contributed by atoms with Crippen molar-refractivity contribution in [2.24, 2.45) is 5.92 Å². The van der Waals surface area contributed by atoms with E-state index in [1.54, 1.807) is 7.11 Å². The largest absolute Gasteiger partial charge is 0.388 e. The van der Waals surface area contributed by atoms with E-state index in [1.807, 2.05) is 6.92 Å². The van der Waals surface area contributed by atoms with E-state index in [2.05, 4.69) is 5.32 Å². The molecular formula is C13H25NO3. The van der Waals surface area contributed by atoms with Gasteiger partial charge in [0.1, 0.15) is 0 Å². The van der Waals surface area contributed by atoms with Crippen LogP contribution in [0.15, 0.2) is 0 Å². The topological polar surface area (TPSA) is 58.6 Å². The van der Waals surface area contributed by atoms with Crippen molar-refractivity contribution in [2.45, 2.75) is 51.0 Å². The third-order valence-corrected chi connectivity index (χ3v) is 3.38. The third kappa shape index (κ3) is 5.50. The fourth-order valence-corrected chi connectivity index (χ4v) is 2.38. The lowest BCUT2D eigenvalue weighted by atomic mass is 9.85. The van der Waals surface area contributed by atoms with Crippen LogP contribution in [-0.2, 0) is 9.53 Å². The molecule has 0 aromatic heterocycles. The van der Waals surface area contributed by atoms with Gasteiger partial charge in [-0.15, -0.1) is 0 Å². The molecule has 1 rings (SSSR count). The summed E-state index contributed by atoms with van der Waals surface area (Å²) >= 11 is 0. The van der Waals surface area contributed by atoms with Crippen molar-refractivity contribution < 1.29 is 14.6 Å². The number of hydrogen-bond acceptors (Lipinski definition) is 3. The van der Waals surface area contributed by atoms with E-state index in [4.69, 9.17) is 4.74 Å². The SMILES string of the molecule is COCC(C)CC(=O)NCC1(O)CCCCC1. The second-order valence-electron chi connectivity index (χ2n) is 5.33. The van der Waals surface area contributed by atoms with Crippen LogP contribution in [0.2, 0.25) is 0 Å². The second-order valence-corrected chi connectivity index (χ2v) is 5.33. The summed E-state index contributed by atoms with van der Waals surface area (Å²) in [5.41, 5.74) is -0.668. The quantitative estimate of drug-likeness (QED) is 0.742. The van der Waals surface area contributed by atoms with Gasteiger partial charge in [-0.25, -0.2) is 0 Å². The number of ether oxygens (including phenoxy) is 1. The minimum Gasteiger partial charge on any atom is -0.388 e. The van der Waals surface area contributed by atoms with Crippen molar-refractivity contribution in [2.75, 3.05) is 20.3 Å². The van der Waals surface area contributed by atoms with Gasteiger partial charge in [-0.2, -0.15) is 0 Å². The molecule has 100 valence electrons. The molecule has 1 aliphatic rings. The maximum Gasteiger partial charge on any atom is 0.220 e. The molecule has 0 aromatic carbocycles. The Balaban J connectivity index is 2.22. The van der Waals surface area contributed by atoms with Gasteiger partial charge in [0.05, 0.1) is 5.60 Å². The number of hydrogen-bond donors (Lipinski definition) is 2. The standard InChI is InChI=1S/C13H25NO3/c1-11(9-17-2)8-12(15)14-10-13(16)6-4-3-5-7-13/h11,16H,3-10H2,1-2H3,(H,14,15). The molecule has 0 bridgehead atoms. The Hall–Kier alpha value is -0.610. The van der Waals surface area contributed by atoms with Gasteiger partial charge in [0, 0.05) is 26.7 Å². The van der Waals surface area contributed by atoms with E-state index < -0.39 is 5.60 Å². The molecule has 1 amide bonds. The molecule has 17 heavy (non-hydrogen) atoms. The van der Waals surface area contributed by atoms with Gasteiger partial charge in [0.2, 0.25) is 5.91 Å². The van der Waals surface area contributed by atoms with Gasteiger partial charge < -0.3 is 15.2 Å². The number of carbonyl (C=O) groups excluding carboxylic acids is 1. The predicted molar refractivity (Wildman–Crippen MR) is 66.7 cm³/mol. The van der Waals surface area contributed by atoms with Crippen molar-refractivity contribution >= 4 is 5.91 Å². The zero-order valence-corrected chi connectivity index (χ0v) is 11.0. The molecule has 0 saturated heterocycles. The van der Waals surface area contributed by atoms with Gasteiger partial charge in [-0.05, 0) is 18.8 Å². The summed E-state index contributed by atoms with van der Waals surface area (Å²) in [5, 5.41) is 13.1. The molecule has 0 heterocycles. The lowest BCUT2D eigenvalue weighted by Crippen LogP contribution is -2.44. The summed E-state index contributed by atoms with van der Waals surface area (Å²) in [4.78, 5) is 11.6. The fourth-order valence-electron chi connectivity index (χ4n) is 2.38. The van der Waals surface area contributed by atoms with Crippen molar-refractivity contribution in [1.29, 1.82) is 0 Å². The normalized spacial score (nSPS) is 20.9. The fraction of sp³-hybridized carbons (Fsp3) is 0.923. The van der Waals surface area contributed by atoms with Gasteiger partial charge >= 0.3 is 0 Å². The van der Waals surface area contributed by atoms with Crippen LogP contribution < -0.4 is 5.32 Å². The van der Waals surface area contributed by atoms with Crippen molar-refractivity contribution in [1.82, 2.24) is 5.32 Å². The van der Waals surface area contributed by atoms with Gasteiger partial charge in [-0.1, -0.05) is 26.2 Å². The van der Waals surface area contributed by atoms with E-state index >= 15 is 0 Å². The third-order valence-electron chi connectivity index (χ3n) is 3.38. The molecule has 0 spiro atoms. The number of methoxy groups -OCH3 is 1. The number of amides is 1. The summed E-state index contributed by atoms with van der Waals surface area (Å²) in [6.07, 6.45) is 5.39. The van der Waals surface area contributed by atoms with Crippen LogP contribution in [0.4, 0.5) is 0 Å². The lowest BCUT2D eigenvalue weighted by Gasteiger charge is -2.32. The van der Waals surface area contributed by atoms with Crippen LogP contribution in [0.25, 0.3) is 0 Å². The van der Waals surface area contributed by atoms with Gasteiger partial charge in [0.15, 0.2) is 0 Å². The first-order valence-electron chi connectivity index (χ1n) is 6.54. The van der Waals surface area contributed by atoms with E-state index in [9.17, 15) is 9.90 Å². The van der Waals surface area contributed by atoms with Gasteiger partial charge in [-0.3, -0.25) is 4.79 Å². The first kappa shape index (κ1) is 14.5. The molecule has 4 heteroatoms. The summed E-state index contributed by atoms with van der Waals surface area (Å²) in [5.74, 6) is 0.231. The number of carbonyl (C=O) groups is 1. The first-order chi connectivity index (χ1) is 8.06. The van der Waals surface area contributed by atoms with E-state index in [0.29, 0.717) is 19.6 Å². The number of aliphatic hydroxyl groups is 1. The molecular weight excluding hydrogens is 218 g/mol. The molecule has 1 fully saturated rings. The number of nitrogens with one attached hydrogen (secondary N) is 1. The molecule has 2 N–H and O–H groups in total. The van der Waals surface area contributed by atoms with Gasteiger partial charge in [0.25, 0.3) is 0 Å². The Labute approximate surface area is 104 Å². The van der Waals surface area contributed by atoms with Crippen LogP contribution in [0.1, 0.15) is 45.4 Å². The van der Waals surface area contributed by atoms with Crippen molar-refractivity contribution in [3.05, 3.63) is 0 Å². The van der Waals surface area contributed by atoms with Crippen molar-refractivity contribution in [3.63, 3.8) is 0 Å². The summed E-state index contributed by atoms with van der Waals surface area (Å²) < 4.78 is 4.99. The summed E-state index contributed by atoms with van der Waals surface area (Å²) in [6, 6.07) is 0. The minimum atomic E-state index is -0.668. The lowest BCUT2D eigenvalue weighted by molar-refractivity contribution is -0.123. The predicted octanol–water partition coefficient (Wildman–Crippen LogP) is 1.47. The zero-order chi connectivity index (χ0) is 12.7. The molecule has 0 aliphatic heterocycles. The number of rotatable bonds is 6. The molecule has 0 radical (unpaired) electrons.